The number of benzene rings is 1. The van der Waals surface area contributed by atoms with Gasteiger partial charge in [0, 0.05) is 13.2 Å². The van der Waals surface area contributed by atoms with Gasteiger partial charge in [-0.3, -0.25) is 14.4 Å². The summed E-state index contributed by atoms with van der Waals surface area (Å²) in [6.07, 6.45) is 1.96. The highest BCUT2D eigenvalue weighted by Gasteiger charge is 2.33. The molecular formula is C32H52O11. The molecule has 0 radical (unpaired) electrons. The van der Waals surface area contributed by atoms with Crippen LogP contribution in [0.5, 0.6) is 0 Å². The highest BCUT2D eigenvalue weighted by atomic mass is 16.6. The van der Waals surface area contributed by atoms with Crippen LogP contribution in [0, 0.1) is 5.41 Å². The Bertz CT molecular complexity index is 798. The van der Waals surface area contributed by atoms with Crippen molar-refractivity contribution in [3.05, 3.63) is 35.9 Å². The molecule has 0 N–H and O–H groups in total. The van der Waals surface area contributed by atoms with E-state index >= 15 is 0 Å². The molecule has 246 valence electrons. The lowest BCUT2D eigenvalue weighted by atomic mass is 9.92. The van der Waals surface area contributed by atoms with E-state index < -0.39 is 5.41 Å². The lowest BCUT2D eigenvalue weighted by Crippen LogP contribution is -2.42. The fraction of sp³-hybridized carbons (Fsp3) is 0.719. The van der Waals surface area contributed by atoms with Gasteiger partial charge in [-0.25, -0.2) is 0 Å². The molecule has 0 spiro atoms. The highest BCUT2D eigenvalue weighted by molar-refractivity contribution is 5.70. The first kappa shape index (κ1) is 38.5. The predicted molar refractivity (Wildman–Crippen MR) is 160 cm³/mol. The summed E-state index contributed by atoms with van der Waals surface area (Å²) >= 11 is 0. The molecule has 0 saturated carbocycles. The molecule has 0 bridgehead atoms. The third-order valence-electron chi connectivity index (χ3n) is 6.22. The second-order valence-electron chi connectivity index (χ2n) is 10.0. The fourth-order valence-corrected chi connectivity index (χ4v) is 3.96. The molecule has 0 fully saturated rings. The number of carbonyl (C=O) groups excluding carboxylic acids is 3. The Morgan fingerprint density at radius 1 is 0.605 bits per heavy atom. The number of carbonyl (C=O) groups is 3. The van der Waals surface area contributed by atoms with Crippen LogP contribution in [0.4, 0.5) is 0 Å². The molecule has 0 amide bonds. The van der Waals surface area contributed by atoms with Crippen molar-refractivity contribution in [2.45, 2.75) is 65.9 Å². The van der Waals surface area contributed by atoms with E-state index in [1.54, 1.807) is 20.8 Å². The molecule has 0 aromatic heterocycles. The molecular weight excluding hydrogens is 560 g/mol. The number of rotatable bonds is 27. The molecule has 0 heterocycles. The van der Waals surface area contributed by atoms with Crippen LogP contribution in [0.25, 0.3) is 0 Å². The van der Waals surface area contributed by atoms with E-state index in [2.05, 4.69) is 0 Å². The first-order valence-electron chi connectivity index (χ1n) is 15.3. The lowest BCUT2D eigenvalue weighted by molar-refractivity contribution is -0.147. The topological polar surface area (TPSA) is 125 Å². The Hall–Kier alpha value is -2.57. The minimum Gasteiger partial charge on any atom is -0.466 e. The maximum absolute atomic E-state index is 11.8. The monoisotopic (exact) mass is 612 g/mol. The van der Waals surface area contributed by atoms with Crippen molar-refractivity contribution >= 4 is 17.9 Å². The number of ether oxygens (including phenoxy) is 8. The smallest absolute Gasteiger partial charge is 0.308 e. The van der Waals surface area contributed by atoms with Crippen LogP contribution in [0.1, 0.15) is 71.5 Å². The number of unbranched alkanes of at least 4 members (excludes halogenated alkanes) is 1. The van der Waals surface area contributed by atoms with Crippen LogP contribution in [0.3, 0.4) is 0 Å². The summed E-state index contributed by atoms with van der Waals surface area (Å²) in [6.45, 7) is 10.5. The van der Waals surface area contributed by atoms with E-state index in [4.69, 9.17) is 37.9 Å². The van der Waals surface area contributed by atoms with Crippen LogP contribution in [0.15, 0.2) is 30.3 Å². The number of hydrogen-bond acceptors (Lipinski definition) is 11. The molecule has 1 rings (SSSR count). The maximum Gasteiger partial charge on any atom is 0.308 e. The van der Waals surface area contributed by atoms with Crippen LogP contribution < -0.4 is 0 Å². The van der Waals surface area contributed by atoms with E-state index in [9.17, 15) is 14.4 Å². The van der Waals surface area contributed by atoms with Gasteiger partial charge in [0.1, 0.15) is 0 Å². The highest BCUT2D eigenvalue weighted by Crippen LogP contribution is 2.22. The lowest BCUT2D eigenvalue weighted by Gasteiger charge is -2.33. The third-order valence-corrected chi connectivity index (χ3v) is 6.22. The van der Waals surface area contributed by atoms with E-state index in [0.29, 0.717) is 33.0 Å². The van der Waals surface area contributed by atoms with Gasteiger partial charge in [0.25, 0.3) is 0 Å². The Morgan fingerprint density at radius 3 is 1.42 bits per heavy atom. The first-order valence-corrected chi connectivity index (χ1v) is 15.3. The van der Waals surface area contributed by atoms with Gasteiger partial charge in [0.15, 0.2) is 0 Å². The van der Waals surface area contributed by atoms with Crippen molar-refractivity contribution in [1.82, 2.24) is 0 Å². The molecule has 0 aliphatic heterocycles. The van der Waals surface area contributed by atoms with Gasteiger partial charge in [-0.2, -0.15) is 0 Å². The average Bonchev–Trinajstić information content (AvgIpc) is 3.00. The summed E-state index contributed by atoms with van der Waals surface area (Å²) < 4.78 is 44.6. The summed E-state index contributed by atoms with van der Waals surface area (Å²) in [5.41, 5.74) is 0.383. The van der Waals surface area contributed by atoms with E-state index in [1.165, 1.54) is 0 Å². The summed E-state index contributed by atoms with van der Waals surface area (Å²) in [5, 5.41) is 0. The van der Waals surface area contributed by atoms with Crippen molar-refractivity contribution in [1.29, 1.82) is 0 Å². The van der Waals surface area contributed by atoms with Crippen molar-refractivity contribution in [3.63, 3.8) is 0 Å². The average molecular weight is 613 g/mol. The Morgan fingerprint density at radius 2 is 1.00 bits per heavy atom. The van der Waals surface area contributed by atoms with Crippen molar-refractivity contribution < 1.29 is 52.3 Å². The summed E-state index contributed by atoms with van der Waals surface area (Å²) in [5.74, 6) is -1.03. The number of esters is 3. The molecule has 1 aromatic carbocycles. The molecule has 0 aliphatic rings. The fourth-order valence-electron chi connectivity index (χ4n) is 3.96. The van der Waals surface area contributed by atoms with Gasteiger partial charge in [-0.15, -0.1) is 0 Å². The quantitative estimate of drug-likeness (QED) is 0.0794. The maximum atomic E-state index is 11.8. The largest absolute Gasteiger partial charge is 0.466 e. The molecule has 1 unspecified atom stereocenters. The van der Waals surface area contributed by atoms with Gasteiger partial charge in [-0.05, 0) is 46.1 Å². The van der Waals surface area contributed by atoms with Gasteiger partial charge < -0.3 is 37.9 Å². The summed E-state index contributed by atoms with van der Waals surface area (Å²) in [4.78, 5) is 35.3. The molecule has 11 heteroatoms. The molecule has 0 saturated heterocycles. The second-order valence-corrected chi connectivity index (χ2v) is 10.0. The minimum absolute atomic E-state index is 0.0139. The zero-order valence-electron chi connectivity index (χ0n) is 26.5. The van der Waals surface area contributed by atoms with Gasteiger partial charge in [-0.1, -0.05) is 30.3 Å². The van der Waals surface area contributed by atoms with Crippen LogP contribution in [0.2, 0.25) is 0 Å². The van der Waals surface area contributed by atoms with E-state index in [1.807, 2.05) is 37.3 Å². The Balaban J connectivity index is 2.70. The summed E-state index contributed by atoms with van der Waals surface area (Å²) in [7, 11) is 0. The standard InChI is InChI=1S/C32H52O11/c1-5-40-29(33)15-20-37-24-32(25-38-21-16-30(34)41-6-2,26-39-22-17-31(35)42-7-3)23-36-18-11-12-19-43-27(4)28-13-9-8-10-14-28/h8-10,13-14,27H,5-7,11-12,15-26H2,1-4H3. The number of hydrogen-bond donors (Lipinski definition) is 0. The SMILES string of the molecule is CCOC(=O)CCOCC(COCCCCOC(C)c1ccccc1)(COCCC(=O)OCC)COCCC(=O)OCC. The predicted octanol–water partition coefficient (Wildman–Crippen LogP) is 4.46. The van der Waals surface area contributed by atoms with Crippen molar-refractivity contribution in [3.8, 4) is 0 Å². The van der Waals surface area contributed by atoms with Gasteiger partial charge in [0.2, 0.25) is 0 Å². The minimum atomic E-state index is -0.754. The van der Waals surface area contributed by atoms with Crippen LogP contribution in [-0.2, 0) is 52.3 Å². The van der Waals surface area contributed by atoms with E-state index in [-0.39, 0.29) is 89.5 Å². The Kier molecular flexibility index (Phi) is 22.2. The van der Waals surface area contributed by atoms with Crippen LogP contribution >= 0.6 is 0 Å². The molecule has 1 atom stereocenters. The molecule has 43 heavy (non-hydrogen) atoms. The summed E-state index contributed by atoms with van der Waals surface area (Å²) in [6, 6.07) is 10.1. The first-order chi connectivity index (χ1) is 20.9. The second kappa shape index (κ2) is 24.8. The van der Waals surface area contributed by atoms with Gasteiger partial charge >= 0.3 is 17.9 Å². The van der Waals surface area contributed by atoms with Crippen molar-refractivity contribution in [2.24, 2.45) is 5.41 Å². The molecule has 1 aromatic rings. The molecule has 11 nitrogen and oxygen atoms in total. The molecule has 0 aliphatic carbocycles. The third kappa shape index (κ3) is 19.4. The van der Waals surface area contributed by atoms with E-state index in [0.717, 1.165) is 18.4 Å². The Labute approximate surface area is 256 Å². The van der Waals surface area contributed by atoms with Crippen LogP contribution in [-0.4, -0.2) is 97.2 Å². The normalized spacial score (nSPS) is 12.1. The van der Waals surface area contributed by atoms with Crippen molar-refractivity contribution in [2.75, 3.05) is 79.3 Å². The zero-order chi connectivity index (χ0) is 31.6. The van der Waals surface area contributed by atoms with Gasteiger partial charge in [0.05, 0.1) is 96.9 Å². The zero-order valence-corrected chi connectivity index (χ0v) is 26.5.